The Hall–Kier alpha value is -1.87. The highest BCUT2D eigenvalue weighted by molar-refractivity contribution is 5.39. The molecule has 0 spiro atoms. The van der Waals surface area contributed by atoms with E-state index in [9.17, 15) is 0 Å². The maximum absolute atomic E-state index is 6.02. The smallest absolute Gasteiger partial charge is 0.145 e. The van der Waals surface area contributed by atoms with Crippen LogP contribution in [0.3, 0.4) is 0 Å². The predicted octanol–water partition coefficient (Wildman–Crippen LogP) is 3.89. The van der Waals surface area contributed by atoms with Crippen LogP contribution in [0.4, 0.5) is 0 Å². The highest BCUT2D eigenvalue weighted by Crippen LogP contribution is 2.31. The molecule has 3 heteroatoms. The highest BCUT2D eigenvalue weighted by atomic mass is 16.5. The Bertz CT molecular complexity index is 554. The van der Waals surface area contributed by atoms with E-state index < -0.39 is 0 Å². The van der Waals surface area contributed by atoms with Gasteiger partial charge in [0, 0.05) is 6.20 Å². The average Bonchev–Trinajstić information content (AvgIpc) is 2.48. The lowest BCUT2D eigenvalue weighted by atomic mass is 9.98. The molecule has 2 N–H and O–H groups in total. The van der Waals surface area contributed by atoms with Crippen LogP contribution in [0.2, 0.25) is 0 Å². The van der Waals surface area contributed by atoms with Crippen LogP contribution in [-0.2, 0) is 6.42 Å². The monoisotopic (exact) mass is 270 g/mol. The number of rotatable bonds is 6. The second-order valence-corrected chi connectivity index (χ2v) is 5.02. The van der Waals surface area contributed by atoms with Crippen LogP contribution >= 0.6 is 0 Å². The van der Waals surface area contributed by atoms with Crippen molar-refractivity contribution in [3.8, 4) is 11.5 Å². The van der Waals surface area contributed by atoms with Gasteiger partial charge in [0.25, 0.3) is 0 Å². The number of ether oxygens (including phenoxy) is 1. The Morgan fingerprint density at radius 3 is 2.80 bits per heavy atom. The second kappa shape index (κ2) is 7.06. The number of nitrogens with zero attached hydrogens (tertiary/aromatic N) is 1. The first kappa shape index (κ1) is 14.5. The van der Waals surface area contributed by atoms with Crippen molar-refractivity contribution >= 4 is 0 Å². The van der Waals surface area contributed by atoms with Crippen molar-refractivity contribution in [1.29, 1.82) is 0 Å². The molecule has 106 valence electrons. The molecule has 1 heterocycles. The van der Waals surface area contributed by atoms with E-state index in [-0.39, 0.29) is 0 Å². The second-order valence-electron chi connectivity index (χ2n) is 5.02. The van der Waals surface area contributed by atoms with Gasteiger partial charge in [-0.3, -0.25) is 4.98 Å². The first-order chi connectivity index (χ1) is 9.74. The fraction of sp³-hybridized carbons (Fsp3) is 0.353. The molecule has 1 atom stereocenters. The van der Waals surface area contributed by atoms with E-state index in [0.717, 1.165) is 29.9 Å². The third-order valence-corrected chi connectivity index (χ3v) is 3.49. The van der Waals surface area contributed by atoms with Crippen molar-refractivity contribution in [3.05, 3.63) is 53.9 Å². The number of benzene rings is 1. The van der Waals surface area contributed by atoms with Gasteiger partial charge >= 0.3 is 0 Å². The molecule has 0 amide bonds. The lowest BCUT2D eigenvalue weighted by Crippen LogP contribution is -2.03. The molecule has 1 aromatic heterocycles. The molecule has 0 radical (unpaired) electrons. The summed E-state index contributed by atoms with van der Waals surface area (Å²) in [6.45, 7) is 5.02. The van der Waals surface area contributed by atoms with Crippen molar-refractivity contribution in [2.75, 3.05) is 6.54 Å². The van der Waals surface area contributed by atoms with Gasteiger partial charge in [0.05, 0.1) is 6.20 Å². The predicted molar refractivity (Wildman–Crippen MR) is 82.2 cm³/mol. The summed E-state index contributed by atoms with van der Waals surface area (Å²) in [7, 11) is 0. The minimum atomic E-state index is 0.478. The fourth-order valence-corrected chi connectivity index (χ4v) is 2.15. The van der Waals surface area contributed by atoms with Crippen LogP contribution in [-0.4, -0.2) is 11.5 Å². The van der Waals surface area contributed by atoms with Gasteiger partial charge < -0.3 is 10.5 Å². The largest absolute Gasteiger partial charge is 0.455 e. The van der Waals surface area contributed by atoms with Gasteiger partial charge in [-0.15, -0.1) is 0 Å². The molecular weight excluding hydrogens is 248 g/mol. The normalized spacial score (nSPS) is 12.2. The number of para-hydroxylation sites is 1. The first-order valence-electron chi connectivity index (χ1n) is 7.15. The summed E-state index contributed by atoms with van der Waals surface area (Å²) in [4.78, 5) is 4.21. The molecule has 0 saturated carbocycles. The summed E-state index contributed by atoms with van der Waals surface area (Å²) in [5.41, 5.74) is 7.91. The summed E-state index contributed by atoms with van der Waals surface area (Å²) < 4.78 is 6.02. The van der Waals surface area contributed by atoms with Crippen LogP contribution in [0.5, 0.6) is 11.5 Å². The minimum Gasteiger partial charge on any atom is -0.455 e. The van der Waals surface area contributed by atoms with E-state index in [2.05, 4.69) is 31.0 Å². The minimum absolute atomic E-state index is 0.478. The Morgan fingerprint density at radius 2 is 2.05 bits per heavy atom. The molecular formula is C17H22N2O. The summed E-state index contributed by atoms with van der Waals surface area (Å²) in [6.07, 6.45) is 5.48. The molecule has 2 rings (SSSR count). The van der Waals surface area contributed by atoms with Crippen molar-refractivity contribution in [1.82, 2.24) is 4.98 Å². The molecule has 1 aromatic carbocycles. The molecule has 2 aromatic rings. The van der Waals surface area contributed by atoms with Gasteiger partial charge in [0.15, 0.2) is 0 Å². The zero-order valence-corrected chi connectivity index (χ0v) is 12.2. The van der Waals surface area contributed by atoms with E-state index in [0.29, 0.717) is 12.5 Å². The Balaban J connectivity index is 2.23. The zero-order valence-electron chi connectivity index (χ0n) is 12.2. The van der Waals surface area contributed by atoms with Gasteiger partial charge in [0.1, 0.15) is 11.5 Å². The molecule has 0 aliphatic rings. The van der Waals surface area contributed by atoms with Crippen LogP contribution in [0.1, 0.15) is 37.3 Å². The third kappa shape index (κ3) is 3.58. The standard InChI is InChI=1S/C17H22N2O/c1-3-13(2)16-6-4-5-7-17(16)20-15-10-14(8-9-18)11-19-12-15/h4-7,10-13H,3,8-9,18H2,1-2H3. The number of hydrogen-bond donors (Lipinski definition) is 1. The van der Waals surface area contributed by atoms with Crippen LogP contribution in [0.25, 0.3) is 0 Å². The summed E-state index contributed by atoms with van der Waals surface area (Å²) in [5, 5.41) is 0. The van der Waals surface area contributed by atoms with Gasteiger partial charge in [-0.25, -0.2) is 0 Å². The summed E-state index contributed by atoms with van der Waals surface area (Å²) >= 11 is 0. The Kier molecular flexibility index (Phi) is 5.13. The molecule has 0 fully saturated rings. The lowest BCUT2D eigenvalue weighted by Gasteiger charge is -2.15. The summed E-state index contributed by atoms with van der Waals surface area (Å²) in [5.74, 6) is 2.16. The van der Waals surface area contributed by atoms with E-state index >= 15 is 0 Å². The molecule has 0 aliphatic heterocycles. The van der Waals surface area contributed by atoms with E-state index in [1.807, 2.05) is 24.4 Å². The van der Waals surface area contributed by atoms with Gasteiger partial charge in [-0.2, -0.15) is 0 Å². The van der Waals surface area contributed by atoms with E-state index in [1.165, 1.54) is 5.56 Å². The molecule has 0 bridgehead atoms. The van der Waals surface area contributed by atoms with Crippen molar-refractivity contribution in [2.45, 2.75) is 32.6 Å². The molecule has 20 heavy (non-hydrogen) atoms. The molecule has 1 unspecified atom stereocenters. The topological polar surface area (TPSA) is 48.1 Å². The number of hydrogen-bond acceptors (Lipinski definition) is 3. The van der Waals surface area contributed by atoms with Crippen LogP contribution < -0.4 is 10.5 Å². The highest BCUT2D eigenvalue weighted by Gasteiger charge is 2.10. The average molecular weight is 270 g/mol. The quantitative estimate of drug-likeness (QED) is 0.866. The van der Waals surface area contributed by atoms with E-state index in [1.54, 1.807) is 6.20 Å². The SMILES string of the molecule is CCC(C)c1ccccc1Oc1cncc(CCN)c1. The van der Waals surface area contributed by atoms with Gasteiger partial charge in [-0.05, 0) is 48.6 Å². The maximum atomic E-state index is 6.02. The fourth-order valence-electron chi connectivity index (χ4n) is 2.15. The van der Waals surface area contributed by atoms with Crippen LogP contribution in [0, 0.1) is 0 Å². The number of nitrogens with two attached hydrogens (primary N) is 1. The van der Waals surface area contributed by atoms with Gasteiger partial charge in [0.2, 0.25) is 0 Å². The van der Waals surface area contributed by atoms with Gasteiger partial charge in [-0.1, -0.05) is 32.0 Å². The Morgan fingerprint density at radius 1 is 1.25 bits per heavy atom. The lowest BCUT2D eigenvalue weighted by molar-refractivity contribution is 0.467. The third-order valence-electron chi connectivity index (χ3n) is 3.49. The molecule has 0 aliphatic carbocycles. The summed E-state index contributed by atoms with van der Waals surface area (Å²) in [6, 6.07) is 10.2. The van der Waals surface area contributed by atoms with Crippen molar-refractivity contribution < 1.29 is 4.74 Å². The van der Waals surface area contributed by atoms with Crippen molar-refractivity contribution in [3.63, 3.8) is 0 Å². The number of aromatic nitrogens is 1. The molecule has 0 saturated heterocycles. The van der Waals surface area contributed by atoms with Crippen molar-refractivity contribution in [2.24, 2.45) is 5.73 Å². The number of pyridine rings is 1. The zero-order chi connectivity index (χ0) is 14.4. The maximum Gasteiger partial charge on any atom is 0.145 e. The van der Waals surface area contributed by atoms with Crippen LogP contribution in [0.15, 0.2) is 42.7 Å². The molecule has 3 nitrogen and oxygen atoms in total. The van der Waals surface area contributed by atoms with E-state index in [4.69, 9.17) is 10.5 Å². The Labute approximate surface area is 120 Å². The first-order valence-corrected chi connectivity index (χ1v) is 7.15.